The Bertz CT molecular complexity index is 500. The summed E-state index contributed by atoms with van der Waals surface area (Å²) in [7, 11) is 0. The highest BCUT2D eigenvalue weighted by Crippen LogP contribution is 2.31. The highest BCUT2D eigenvalue weighted by Gasteiger charge is 2.34. The summed E-state index contributed by atoms with van der Waals surface area (Å²) in [5.74, 6) is -1.43. The zero-order valence-electron chi connectivity index (χ0n) is 11.3. The van der Waals surface area contributed by atoms with Gasteiger partial charge in [0.25, 0.3) is 0 Å². The predicted octanol–water partition coefficient (Wildman–Crippen LogP) is 3.02. The zero-order valence-corrected chi connectivity index (χ0v) is 12.1. The fourth-order valence-electron chi connectivity index (χ4n) is 2.61. The Morgan fingerprint density at radius 1 is 1.25 bits per heavy atom. The molecule has 0 aromatic heterocycles. The van der Waals surface area contributed by atoms with Crippen LogP contribution >= 0.6 is 11.6 Å². The molecule has 20 heavy (non-hydrogen) atoms. The summed E-state index contributed by atoms with van der Waals surface area (Å²) in [6.07, 6.45) is 1.67. The lowest BCUT2D eigenvalue weighted by molar-refractivity contribution is -0.141. The highest BCUT2D eigenvalue weighted by atomic mass is 35.5. The highest BCUT2D eigenvalue weighted by molar-refractivity contribution is 6.30. The molecule has 1 aromatic carbocycles. The molecule has 108 valence electrons. The molecule has 2 N–H and O–H groups in total. The van der Waals surface area contributed by atoms with E-state index < -0.39 is 5.97 Å². The normalized spacial score (nSPS) is 23.3. The van der Waals surface area contributed by atoms with Crippen LogP contribution in [0.4, 0.5) is 0 Å². The van der Waals surface area contributed by atoms with Crippen LogP contribution in [-0.2, 0) is 9.59 Å². The Morgan fingerprint density at radius 2 is 1.85 bits per heavy atom. The third-order valence-electron chi connectivity index (χ3n) is 3.88. The van der Waals surface area contributed by atoms with Gasteiger partial charge in [0.15, 0.2) is 0 Å². The van der Waals surface area contributed by atoms with Gasteiger partial charge in [-0.2, -0.15) is 0 Å². The van der Waals surface area contributed by atoms with Crippen LogP contribution in [0.2, 0.25) is 5.02 Å². The molecule has 0 bridgehead atoms. The second-order valence-corrected chi connectivity index (χ2v) is 5.76. The molecule has 1 amide bonds. The molecule has 3 atom stereocenters. The summed E-state index contributed by atoms with van der Waals surface area (Å²) in [5, 5.41) is 12.6. The maximum absolute atomic E-state index is 12.1. The quantitative estimate of drug-likeness (QED) is 0.897. The number of carbonyl (C=O) groups is 2. The number of hydrogen-bond acceptors (Lipinski definition) is 2. The van der Waals surface area contributed by atoms with E-state index in [0.717, 1.165) is 5.56 Å². The minimum absolute atomic E-state index is 0.0591. The molecule has 1 aliphatic carbocycles. The van der Waals surface area contributed by atoms with Crippen molar-refractivity contribution in [3.8, 4) is 0 Å². The van der Waals surface area contributed by atoms with Crippen LogP contribution in [0.15, 0.2) is 24.3 Å². The first-order valence-corrected chi connectivity index (χ1v) is 7.14. The molecule has 0 spiro atoms. The number of carboxylic acid groups (broad SMARTS) is 1. The van der Waals surface area contributed by atoms with E-state index >= 15 is 0 Å². The minimum Gasteiger partial charge on any atom is -0.481 e. The van der Waals surface area contributed by atoms with Crippen molar-refractivity contribution in [1.29, 1.82) is 0 Å². The molecule has 1 saturated carbocycles. The molecule has 1 fully saturated rings. The fourth-order valence-corrected chi connectivity index (χ4v) is 2.74. The van der Waals surface area contributed by atoms with Gasteiger partial charge in [-0.1, -0.05) is 23.7 Å². The number of halogens is 1. The first kappa shape index (κ1) is 14.9. The van der Waals surface area contributed by atoms with Crippen LogP contribution in [0.25, 0.3) is 0 Å². The molecule has 1 aromatic rings. The van der Waals surface area contributed by atoms with Crippen molar-refractivity contribution in [3.63, 3.8) is 0 Å². The van der Waals surface area contributed by atoms with Gasteiger partial charge in [-0.05, 0) is 43.9 Å². The van der Waals surface area contributed by atoms with Gasteiger partial charge >= 0.3 is 5.97 Å². The average molecular weight is 296 g/mol. The monoisotopic (exact) mass is 295 g/mol. The maximum atomic E-state index is 12.1. The van der Waals surface area contributed by atoms with Crippen LogP contribution in [0.3, 0.4) is 0 Å². The lowest BCUT2D eigenvalue weighted by atomic mass is 10.0. The number of hydrogen-bond donors (Lipinski definition) is 2. The molecule has 0 saturated heterocycles. The van der Waals surface area contributed by atoms with E-state index in [1.54, 1.807) is 12.1 Å². The van der Waals surface area contributed by atoms with Gasteiger partial charge in [-0.15, -0.1) is 0 Å². The van der Waals surface area contributed by atoms with E-state index in [0.29, 0.717) is 24.3 Å². The third-order valence-corrected chi connectivity index (χ3v) is 4.13. The van der Waals surface area contributed by atoms with Crippen LogP contribution < -0.4 is 5.32 Å². The molecule has 0 heterocycles. The SMILES string of the molecule is C[C@@H](NC(=O)[C@@H]1CC[C@H](C(=O)O)C1)c1ccc(Cl)cc1. The Balaban J connectivity index is 1.91. The number of amides is 1. The molecule has 2 rings (SSSR count). The number of nitrogens with one attached hydrogen (secondary N) is 1. The standard InChI is InChI=1S/C15H18ClNO3/c1-9(10-4-6-13(16)7-5-10)17-14(18)11-2-3-12(8-11)15(19)20/h4-7,9,11-12H,2-3,8H2,1H3,(H,17,18)(H,19,20)/t9-,11-,12+/m1/s1. The van der Waals surface area contributed by atoms with Gasteiger partial charge in [0, 0.05) is 10.9 Å². The van der Waals surface area contributed by atoms with E-state index in [9.17, 15) is 9.59 Å². The Kier molecular flexibility index (Phi) is 4.65. The first-order valence-electron chi connectivity index (χ1n) is 6.76. The van der Waals surface area contributed by atoms with E-state index in [4.69, 9.17) is 16.7 Å². The lowest BCUT2D eigenvalue weighted by Gasteiger charge is -2.17. The zero-order chi connectivity index (χ0) is 14.7. The fraction of sp³-hybridized carbons (Fsp3) is 0.467. The molecular formula is C15H18ClNO3. The molecule has 0 aliphatic heterocycles. The Labute approximate surface area is 123 Å². The topological polar surface area (TPSA) is 66.4 Å². The molecule has 4 nitrogen and oxygen atoms in total. The van der Waals surface area contributed by atoms with E-state index in [-0.39, 0.29) is 23.8 Å². The summed E-state index contributed by atoms with van der Waals surface area (Å²) in [4.78, 5) is 23.0. The van der Waals surface area contributed by atoms with E-state index in [1.807, 2.05) is 19.1 Å². The predicted molar refractivity (Wildman–Crippen MR) is 76.5 cm³/mol. The van der Waals surface area contributed by atoms with Crippen LogP contribution in [0, 0.1) is 11.8 Å². The summed E-state index contributed by atoms with van der Waals surface area (Å²) in [5.41, 5.74) is 0.982. The summed E-state index contributed by atoms with van der Waals surface area (Å²) < 4.78 is 0. The molecule has 5 heteroatoms. The second kappa shape index (κ2) is 6.27. The number of benzene rings is 1. The van der Waals surface area contributed by atoms with Crippen molar-refractivity contribution in [2.45, 2.75) is 32.2 Å². The van der Waals surface area contributed by atoms with Gasteiger partial charge in [0.05, 0.1) is 12.0 Å². The average Bonchev–Trinajstić information content (AvgIpc) is 2.89. The summed E-state index contributed by atoms with van der Waals surface area (Å²) in [6, 6.07) is 7.22. The molecular weight excluding hydrogens is 278 g/mol. The van der Waals surface area contributed by atoms with Crippen molar-refractivity contribution >= 4 is 23.5 Å². The second-order valence-electron chi connectivity index (χ2n) is 5.33. The smallest absolute Gasteiger partial charge is 0.306 e. The number of carboxylic acids is 1. The molecule has 0 radical (unpaired) electrons. The van der Waals surface area contributed by atoms with Crippen molar-refractivity contribution in [3.05, 3.63) is 34.9 Å². The summed E-state index contributed by atoms with van der Waals surface area (Å²) in [6.45, 7) is 1.91. The largest absolute Gasteiger partial charge is 0.481 e. The van der Waals surface area contributed by atoms with Crippen LogP contribution in [0.5, 0.6) is 0 Å². The maximum Gasteiger partial charge on any atom is 0.306 e. The number of aliphatic carboxylic acids is 1. The van der Waals surface area contributed by atoms with Crippen molar-refractivity contribution < 1.29 is 14.7 Å². The van der Waals surface area contributed by atoms with Gasteiger partial charge < -0.3 is 10.4 Å². The van der Waals surface area contributed by atoms with E-state index in [1.165, 1.54) is 0 Å². The van der Waals surface area contributed by atoms with Crippen molar-refractivity contribution in [2.75, 3.05) is 0 Å². The number of rotatable bonds is 4. The Hall–Kier alpha value is -1.55. The van der Waals surface area contributed by atoms with Crippen LogP contribution in [0.1, 0.15) is 37.8 Å². The van der Waals surface area contributed by atoms with Crippen molar-refractivity contribution in [1.82, 2.24) is 5.32 Å². The Morgan fingerprint density at radius 3 is 2.40 bits per heavy atom. The third kappa shape index (κ3) is 3.51. The molecule has 0 unspecified atom stereocenters. The van der Waals surface area contributed by atoms with Gasteiger partial charge in [0.1, 0.15) is 0 Å². The lowest BCUT2D eigenvalue weighted by Crippen LogP contribution is -2.32. The number of carbonyl (C=O) groups excluding carboxylic acids is 1. The van der Waals surface area contributed by atoms with Crippen molar-refractivity contribution in [2.24, 2.45) is 11.8 Å². The van der Waals surface area contributed by atoms with Gasteiger partial charge in [-0.3, -0.25) is 9.59 Å². The minimum atomic E-state index is -0.800. The van der Waals surface area contributed by atoms with Gasteiger partial charge in [-0.25, -0.2) is 0 Å². The summed E-state index contributed by atoms with van der Waals surface area (Å²) >= 11 is 5.83. The van der Waals surface area contributed by atoms with Crippen LogP contribution in [-0.4, -0.2) is 17.0 Å². The first-order chi connectivity index (χ1) is 9.47. The molecule has 1 aliphatic rings. The van der Waals surface area contributed by atoms with E-state index in [2.05, 4.69) is 5.32 Å². The van der Waals surface area contributed by atoms with Gasteiger partial charge in [0.2, 0.25) is 5.91 Å².